The molecule has 0 unspecified atom stereocenters. The Bertz CT molecular complexity index is 459. The van der Waals surface area contributed by atoms with Gasteiger partial charge in [0.15, 0.2) is 0 Å². The van der Waals surface area contributed by atoms with Crippen molar-refractivity contribution in [2.45, 2.75) is 59.8 Å². The minimum Gasteiger partial charge on any atom is -0.323 e. The van der Waals surface area contributed by atoms with E-state index in [0.717, 1.165) is 12.3 Å². The molecule has 1 aromatic heterocycles. The van der Waals surface area contributed by atoms with E-state index < -0.39 is 0 Å². The summed E-state index contributed by atoms with van der Waals surface area (Å²) >= 11 is 5.61. The van der Waals surface area contributed by atoms with Gasteiger partial charge in [0, 0.05) is 5.92 Å². The Balaban J connectivity index is 0.000000304. The van der Waals surface area contributed by atoms with Crippen LogP contribution in [0.1, 0.15) is 58.6 Å². The fourth-order valence-corrected chi connectivity index (χ4v) is 2.31. The molecule has 0 bridgehead atoms. The van der Waals surface area contributed by atoms with E-state index in [0.29, 0.717) is 11.4 Å². The van der Waals surface area contributed by atoms with Gasteiger partial charge in [0.1, 0.15) is 0 Å². The quantitative estimate of drug-likeness (QED) is 0.829. The van der Waals surface area contributed by atoms with Gasteiger partial charge in [0.25, 0.3) is 0 Å². The highest BCUT2D eigenvalue weighted by atomic mass is 35.5. The van der Waals surface area contributed by atoms with Crippen molar-refractivity contribution in [2.24, 2.45) is 11.8 Å². The second-order valence-electron chi connectivity index (χ2n) is 5.83. The molecule has 118 valence electrons. The maximum Gasteiger partial charge on any atom is 0.227 e. The number of nitrogens with one attached hydrogen (secondary N) is 1. The van der Waals surface area contributed by atoms with Crippen LogP contribution < -0.4 is 5.32 Å². The van der Waals surface area contributed by atoms with E-state index in [9.17, 15) is 4.79 Å². The van der Waals surface area contributed by atoms with Gasteiger partial charge in [-0.3, -0.25) is 4.79 Å². The Hall–Kier alpha value is -1.16. The summed E-state index contributed by atoms with van der Waals surface area (Å²) in [6.45, 7) is 7.96. The highest BCUT2D eigenvalue weighted by molar-refractivity contribution is 6.28. The molecule has 0 saturated heterocycles. The molecule has 2 rings (SSSR count). The van der Waals surface area contributed by atoms with Crippen LogP contribution in [0.5, 0.6) is 0 Å². The predicted octanol–water partition coefficient (Wildman–Crippen LogP) is 4.62. The van der Waals surface area contributed by atoms with Crippen LogP contribution in [0.2, 0.25) is 5.28 Å². The van der Waals surface area contributed by atoms with E-state index in [4.69, 9.17) is 11.6 Å². The van der Waals surface area contributed by atoms with Crippen LogP contribution >= 0.6 is 11.6 Å². The summed E-state index contributed by atoms with van der Waals surface area (Å²) < 4.78 is 0. The van der Waals surface area contributed by atoms with Crippen molar-refractivity contribution in [2.75, 3.05) is 5.32 Å². The topological polar surface area (TPSA) is 54.9 Å². The van der Waals surface area contributed by atoms with Gasteiger partial charge >= 0.3 is 0 Å². The van der Waals surface area contributed by atoms with E-state index in [1.54, 1.807) is 6.92 Å². The summed E-state index contributed by atoms with van der Waals surface area (Å²) in [5.41, 5.74) is 1.29. The monoisotopic (exact) mass is 311 g/mol. The summed E-state index contributed by atoms with van der Waals surface area (Å²) in [4.78, 5) is 19.4. The molecule has 4 nitrogen and oxygen atoms in total. The molecule has 1 heterocycles. The van der Waals surface area contributed by atoms with Crippen molar-refractivity contribution in [3.05, 3.63) is 17.2 Å². The molecular weight excluding hydrogens is 286 g/mol. The molecule has 0 radical (unpaired) electrons. The Kier molecular flexibility index (Phi) is 7.65. The number of anilines is 1. The average molecular weight is 312 g/mol. The van der Waals surface area contributed by atoms with Crippen LogP contribution in [-0.4, -0.2) is 15.9 Å². The number of aryl methyl sites for hydroxylation is 1. The molecule has 1 atom stereocenters. The first-order valence-electron chi connectivity index (χ1n) is 7.74. The van der Waals surface area contributed by atoms with Gasteiger partial charge in [0.05, 0.1) is 17.6 Å². The standard InChI is InChI=1S/C10H14ClN3O.C6H12/c1-4-6(2)9(15)14-8-5-12-10(11)13-7(8)3;1-6-4-2-3-5-6/h5-6H,4H2,1-3H3,(H,14,15);6H,2-5H2,1H3/t6-;/m1./s1. The maximum absolute atomic E-state index is 11.6. The molecule has 0 spiro atoms. The van der Waals surface area contributed by atoms with Crippen LogP contribution in [-0.2, 0) is 4.79 Å². The Labute approximate surface area is 132 Å². The van der Waals surface area contributed by atoms with E-state index in [-0.39, 0.29) is 17.1 Å². The van der Waals surface area contributed by atoms with Gasteiger partial charge in [-0.25, -0.2) is 9.97 Å². The van der Waals surface area contributed by atoms with Crippen LogP contribution in [0.3, 0.4) is 0 Å². The first-order chi connectivity index (χ1) is 9.93. The Morgan fingerprint density at radius 3 is 2.52 bits per heavy atom. The summed E-state index contributed by atoms with van der Waals surface area (Å²) in [5.74, 6) is 1.01. The molecule has 0 aliphatic heterocycles. The van der Waals surface area contributed by atoms with Crippen molar-refractivity contribution in [3.63, 3.8) is 0 Å². The largest absolute Gasteiger partial charge is 0.323 e. The fraction of sp³-hybridized carbons (Fsp3) is 0.688. The van der Waals surface area contributed by atoms with Crippen molar-refractivity contribution in [3.8, 4) is 0 Å². The number of halogens is 1. The van der Waals surface area contributed by atoms with Gasteiger partial charge in [-0.15, -0.1) is 0 Å². The SMILES string of the molecule is CC1CCCC1.CC[C@@H](C)C(=O)Nc1cnc(Cl)nc1C. The average Bonchev–Trinajstić information content (AvgIpc) is 2.92. The third-order valence-electron chi connectivity index (χ3n) is 3.91. The first-order valence-corrected chi connectivity index (χ1v) is 8.11. The number of hydrogen-bond donors (Lipinski definition) is 1. The zero-order chi connectivity index (χ0) is 15.8. The Morgan fingerprint density at radius 1 is 1.48 bits per heavy atom. The number of amides is 1. The number of nitrogens with zero attached hydrogens (tertiary/aromatic N) is 2. The summed E-state index contributed by atoms with van der Waals surface area (Å²) in [6, 6.07) is 0. The molecule has 1 amide bonds. The number of carbonyl (C=O) groups excluding carboxylic acids is 1. The molecule has 1 aromatic rings. The highest BCUT2D eigenvalue weighted by Crippen LogP contribution is 2.23. The van der Waals surface area contributed by atoms with E-state index >= 15 is 0 Å². The third kappa shape index (κ3) is 6.42. The van der Waals surface area contributed by atoms with Gasteiger partial charge < -0.3 is 5.32 Å². The zero-order valence-electron chi connectivity index (χ0n) is 13.4. The lowest BCUT2D eigenvalue weighted by Crippen LogP contribution is -2.20. The number of aromatic nitrogens is 2. The Morgan fingerprint density at radius 2 is 2.10 bits per heavy atom. The molecule has 1 saturated carbocycles. The third-order valence-corrected chi connectivity index (χ3v) is 4.09. The minimum atomic E-state index is -0.0217. The van der Waals surface area contributed by atoms with Gasteiger partial charge in [-0.05, 0) is 30.9 Å². The van der Waals surface area contributed by atoms with Crippen LogP contribution in [0.4, 0.5) is 5.69 Å². The summed E-state index contributed by atoms with van der Waals surface area (Å²) in [7, 11) is 0. The molecule has 1 N–H and O–H groups in total. The predicted molar refractivity (Wildman–Crippen MR) is 87.5 cm³/mol. The minimum absolute atomic E-state index is 0.0138. The number of rotatable bonds is 3. The fourth-order valence-electron chi connectivity index (χ4n) is 2.13. The van der Waals surface area contributed by atoms with Crippen molar-refractivity contribution in [1.29, 1.82) is 0 Å². The van der Waals surface area contributed by atoms with Crippen LogP contribution in [0, 0.1) is 18.8 Å². The first kappa shape index (κ1) is 17.9. The van der Waals surface area contributed by atoms with E-state index in [1.165, 1.54) is 31.9 Å². The van der Waals surface area contributed by atoms with Crippen molar-refractivity contribution >= 4 is 23.2 Å². The maximum atomic E-state index is 11.6. The van der Waals surface area contributed by atoms with Crippen LogP contribution in [0.15, 0.2) is 6.20 Å². The molecule has 1 aliphatic carbocycles. The van der Waals surface area contributed by atoms with Gasteiger partial charge in [-0.2, -0.15) is 0 Å². The smallest absolute Gasteiger partial charge is 0.227 e. The molecule has 1 fully saturated rings. The van der Waals surface area contributed by atoms with Crippen molar-refractivity contribution < 1.29 is 4.79 Å². The molecular formula is C16H26ClN3O. The lowest BCUT2D eigenvalue weighted by atomic mass is 10.1. The lowest BCUT2D eigenvalue weighted by Gasteiger charge is -2.10. The number of hydrogen-bond acceptors (Lipinski definition) is 3. The molecule has 21 heavy (non-hydrogen) atoms. The van der Waals surface area contributed by atoms with Crippen molar-refractivity contribution in [1.82, 2.24) is 9.97 Å². The lowest BCUT2D eigenvalue weighted by molar-refractivity contribution is -0.119. The highest BCUT2D eigenvalue weighted by Gasteiger charge is 2.12. The second-order valence-corrected chi connectivity index (χ2v) is 6.16. The number of carbonyl (C=O) groups is 1. The molecule has 0 aromatic carbocycles. The van der Waals surface area contributed by atoms with E-state index in [1.807, 2.05) is 13.8 Å². The normalized spacial score (nSPS) is 16.0. The summed E-state index contributed by atoms with van der Waals surface area (Å²) in [6.07, 6.45) is 8.27. The van der Waals surface area contributed by atoms with Gasteiger partial charge in [0.2, 0.25) is 11.2 Å². The molecule has 5 heteroatoms. The van der Waals surface area contributed by atoms with E-state index in [2.05, 4.69) is 22.2 Å². The van der Waals surface area contributed by atoms with Crippen LogP contribution in [0.25, 0.3) is 0 Å². The molecule has 1 aliphatic rings. The second kappa shape index (κ2) is 8.98. The summed E-state index contributed by atoms with van der Waals surface area (Å²) in [5, 5.41) is 2.95. The van der Waals surface area contributed by atoms with Gasteiger partial charge in [-0.1, -0.05) is 46.5 Å². The zero-order valence-corrected chi connectivity index (χ0v) is 14.2.